The van der Waals surface area contributed by atoms with E-state index in [4.69, 9.17) is 0 Å². The lowest BCUT2D eigenvalue weighted by Gasteiger charge is -2.24. The molecule has 1 heteroatoms. The fourth-order valence-electron chi connectivity index (χ4n) is 2.78. The number of hydrogen-bond donors (Lipinski definition) is 1. The fourth-order valence-corrected chi connectivity index (χ4v) is 2.78. The molecule has 0 amide bonds. The van der Waals surface area contributed by atoms with E-state index in [1.165, 1.54) is 57.9 Å². The Kier molecular flexibility index (Phi) is 3.04. The van der Waals surface area contributed by atoms with Crippen molar-refractivity contribution in [2.24, 2.45) is 5.92 Å². The second kappa shape index (κ2) is 4.27. The zero-order chi connectivity index (χ0) is 8.23. The van der Waals surface area contributed by atoms with Crippen LogP contribution in [0, 0.1) is 5.92 Å². The highest BCUT2D eigenvalue weighted by atomic mass is 14.9. The van der Waals surface area contributed by atoms with Gasteiger partial charge in [-0.15, -0.1) is 0 Å². The molecule has 12 heavy (non-hydrogen) atoms. The van der Waals surface area contributed by atoms with Gasteiger partial charge in [0.2, 0.25) is 0 Å². The van der Waals surface area contributed by atoms with E-state index in [9.17, 15) is 0 Å². The third-order valence-electron chi connectivity index (χ3n) is 3.50. The molecule has 1 nitrogen and oxygen atoms in total. The Labute approximate surface area is 75.9 Å². The summed E-state index contributed by atoms with van der Waals surface area (Å²) >= 11 is 0. The Morgan fingerprint density at radius 1 is 0.917 bits per heavy atom. The molecule has 2 aliphatic rings. The third-order valence-corrected chi connectivity index (χ3v) is 3.50. The van der Waals surface area contributed by atoms with Crippen molar-refractivity contribution in [3.63, 3.8) is 0 Å². The van der Waals surface area contributed by atoms with Gasteiger partial charge in [0.1, 0.15) is 0 Å². The van der Waals surface area contributed by atoms with Gasteiger partial charge >= 0.3 is 0 Å². The molecule has 1 aliphatic carbocycles. The number of rotatable bonds is 2. The lowest BCUT2D eigenvalue weighted by Crippen LogP contribution is -2.25. The van der Waals surface area contributed by atoms with Crippen LogP contribution in [0.5, 0.6) is 0 Å². The minimum absolute atomic E-state index is 0.882. The van der Waals surface area contributed by atoms with Crippen LogP contribution in [0.25, 0.3) is 0 Å². The molecule has 0 aromatic carbocycles. The molecule has 1 saturated heterocycles. The largest absolute Gasteiger partial charge is 0.314 e. The molecule has 1 N–H and O–H groups in total. The van der Waals surface area contributed by atoms with Crippen LogP contribution >= 0.6 is 0 Å². The zero-order valence-corrected chi connectivity index (χ0v) is 8.02. The van der Waals surface area contributed by atoms with E-state index < -0.39 is 0 Å². The van der Waals surface area contributed by atoms with E-state index in [1.54, 1.807) is 0 Å². The van der Waals surface area contributed by atoms with Crippen LogP contribution in [0.2, 0.25) is 0 Å². The normalized spacial score (nSPS) is 32.5. The molecule has 70 valence electrons. The first-order valence-electron chi connectivity index (χ1n) is 5.68. The van der Waals surface area contributed by atoms with Gasteiger partial charge in [0, 0.05) is 6.04 Å². The Morgan fingerprint density at radius 3 is 2.42 bits per heavy atom. The first kappa shape index (κ1) is 8.55. The van der Waals surface area contributed by atoms with Crippen LogP contribution < -0.4 is 5.32 Å². The zero-order valence-electron chi connectivity index (χ0n) is 8.02. The quantitative estimate of drug-likeness (QED) is 0.667. The van der Waals surface area contributed by atoms with E-state index in [1.807, 2.05) is 0 Å². The molecule has 0 aromatic heterocycles. The highest BCUT2D eigenvalue weighted by Gasteiger charge is 2.20. The molecule has 0 bridgehead atoms. The summed E-state index contributed by atoms with van der Waals surface area (Å²) in [5.41, 5.74) is 0. The van der Waals surface area contributed by atoms with Crippen molar-refractivity contribution in [2.45, 2.75) is 57.4 Å². The maximum Gasteiger partial charge on any atom is 0.00701 e. The van der Waals surface area contributed by atoms with Crippen molar-refractivity contribution < 1.29 is 0 Å². The van der Waals surface area contributed by atoms with Crippen LogP contribution in [0.15, 0.2) is 0 Å². The van der Waals surface area contributed by atoms with Gasteiger partial charge in [-0.25, -0.2) is 0 Å². The monoisotopic (exact) mass is 167 g/mol. The smallest absolute Gasteiger partial charge is 0.00701 e. The number of hydrogen-bond acceptors (Lipinski definition) is 1. The standard InChI is InChI=1S/C11H21N/c1-2-5-10(6-3-1)9-11-7-4-8-12-11/h10-12H,1-9H2/t11-/m1/s1. The average molecular weight is 167 g/mol. The van der Waals surface area contributed by atoms with Gasteiger partial charge < -0.3 is 5.32 Å². The molecule has 2 fully saturated rings. The lowest BCUT2D eigenvalue weighted by molar-refractivity contribution is 0.309. The second-order valence-corrected chi connectivity index (χ2v) is 4.53. The SMILES string of the molecule is C1CCC(C[C@H]2CCCN2)CC1. The summed E-state index contributed by atoms with van der Waals surface area (Å²) in [7, 11) is 0. The molecular formula is C11H21N. The summed E-state index contributed by atoms with van der Waals surface area (Å²) in [6.07, 6.45) is 11.8. The second-order valence-electron chi connectivity index (χ2n) is 4.53. The van der Waals surface area contributed by atoms with E-state index in [0.717, 1.165) is 12.0 Å². The summed E-state index contributed by atoms with van der Waals surface area (Å²) in [6.45, 7) is 1.28. The van der Waals surface area contributed by atoms with Crippen molar-refractivity contribution in [1.29, 1.82) is 0 Å². The first-order valence-corrected chi connectivity index (χ1v) is 5.68. The molecule has 0 radical (unpaired) electrons. The van der Waals surface area contributed by atoms with Gasteiger partial charge in [-0.05, 0) is 31.7 Å². The van der Waals surface area contributed by atoms with E-state index >= 15 is 0 Å². The van der Waals surface area contributed by atoms with Crippen LogP contribution in [0.1, 0.15) is 51.4 Å². The molecular weight excluding hydrogens is 146 g/mol. The van der Waals surface area contributed by atoms with Crippen molar-refractivity contribution in [1.82, 2.24) is 5.32 Å². The predicted molar refractivity (Wildman–Crippen MR) is 52.2 cm³/mol. The first-order chi connectivity index (χ1) is 5.95. The highest BCUT2D eigenvalue weighted by molar-refractivity contribution is 4.78. The topological polar surface area (TPSA) is 12.0 Å². The van der Waals surface area contributed by atoms with E-state index in [-0.39, 0.29) is 0 Å². The molecule has 0 aromatic rings. The maximum atomic E-state index is 3.60. The molecule has 1 saturated carbocycles. The summed E-state index contributed by atoms with van der Waals surface area (Å²) in [4.78, 5) is 0. The lowest BCUT2D eigenvalue weighted by atomic mass is 9.84. The molecule has 1 atom stereocenters. The highest BCUT2D eigenvalue weighted by Crippen LogP contribution is 2.28. The van der Waals surface area contributed by atoms with Gasteiger partial charge in [0.25, 0.3) is 0 Å². The van der Waals surface area contributed by atoms with Gasteiger partial charge in [-0.1, -0.05) is 32.1 Å². The minimum atomic E-state index is 0.882. The molecule has 0 spiro atoms. The van der Waals surface area contributed by atoms with Gasteiger partial charge in [-0.3, -0.25) is 0 Å². The summed E-state index contributed by atoms with van der Waals surface area (Å²) in [6, 6.07) is 0.882. The average Bonchev–Trinajstić information content (AvgIpc) is 2.59. The molecule has 0 unspecified atom stereocenters. The summed E-state index contributed by atoms with van der Waals surface area (Å²) in [5.74, 6) is 1.06. The Morgan fingerprint density at radius 2 is 1.75 bits per heavy atom. The minimum Gasteiger partial charge on any atom is -0.314 e. The fraction of sp³-hybridized carbons (Fsp3) is 1.00. The van der Waals surface area contributed by atoms with E-state index in [2.05, 4.69) is 5.32 Å². The van der Waals surface area contributed by atoms with Crippen LogP contribution in [0.4, 0.5) is 0 Å². The molecule has 1 aliphatic heterocycles. The van der Waals surface area contributed by atoms with Crippen molar-refractivity contribution in [3.05, 3.63) is 0 Å². The Balaban J connectivity index is 1.69. The van der Waals surface area contributed by atoms with Gasteiger partial charge in [0.15, 0.2) is 0 Å². The van der Waals surface area contributed by atoms with Crippen LogP contribution in [-0.2, 0) is 0 Å². The Bertz CT molecular complexity index is 121. The van der Waals surface area contributed by atoms with Crippen LogP contribution in [0.3, 0.4) is 0 Å². The summed E-state index contributed by atoms with van der Waals surface area (Å²) < 4.78 is 0. The predicted octanol–water partition coefficient (Wildman–Crippen LogP) is 2.71. The van der Waals surface area contributed by atoms with Crippen molar-refractivity contribution in [2.75, 3.05) is 6.54 Å². The summed E-state index contributed by atoms with van der Waals surface area (Å²) in [5, 5.41) is 3.60. The van der Waals surface area contributed by atoms with Gasteiger partial charge in [-0.2, -0.15) is 0 Å². The van der Waals surface area contributed by atoms with Crippen LogP contribution in [-0.4, -0.2) is 12.6 Å². The molecule has 2 rings (SSSR count). The molecule has 1 heterocycles. The van der Waals surface area contributed by atoms with E-state index in [0.29, 0.717) is 0 Å². The van der Waals surface area contributed by atoms with Gasteiger partial charge in [0.05, 0.1) is 0 Å². The maximum absolute atomic E-state index is 3.60. The Hall–Kier alpha value is -0.0400. The van der Waals surface area contributed by atoms with Crippen molar-refractivity contribution in [3.8, 4) is 0 Å². The number of nitrogens with one attached hydrogen (secondary N) is 1. The third kappa shape index (κ3) is 2.22. The van der Waals surface area contributed by atoms with Crippen molar-refractivity contribution >= 4 is 0 Å².